The Kier molecular flexibility index (Phi) is 4.44. The fraction of sp³-hybridized carbons (Fsp3) is 0.231. The molecule has 0 atom stereocenters. The summed E-state index contributed by atoms with van der Waals surface area (Å²) < 4.78 is 27.1. The lowest BCUT2D eigenvalue weighted by Gasteiger charge is -2.10. The van der Waals surface area contributed by atoms with Gasteiger partial charge in [0.05, 0.1) is 5.69 Å². The third-order valence-corrected chi connectivity index (χ3v) is 5.60. The standard InChI is InChI=1S/C13H17N3O2S2/c1-9-7-11(19-10(9)2)8-15-20(17,18)13-6-4-3-5-12(13)16-14/h3-7,15-16H,8,14H2,1-2H3. The zero-order valence-corrected chi connectivity index (χ0v) is 12.9. The van der Waals surface area contributed by atoms with Crippen molar-refractivity contribution in [1.82, 2.24) is 4.72 Å². The highest BCUT2D eigenvalue weighted by Crippen LogP contribution is 2.22. The second-order valence-corrected chi connectivity index (χ2v) is 7.49. The maximum atomic E-state index is 12.3. The van der Waals surface area contributed by atoms with Crippen molar-refractivity contribution >= 4 is 27.0 Å². The molecular formula is C13H17N3O2S2. The van der Waals surface area contributed by atoms with Crippen LogP contribution in [0.4, 0.5) is 5.69 Å². The summed E-state index contributed by atoms with van der Waals surface area (Å²) in [6.07, 6.45) is 0. The van der Waals surface area contributed by atoms with Gasteiger partial charge >= 0.3 is 0 Å². The van der Waals surface area contributed by atoms with Gasteiger partial charge in [0.2, 0.25) is 10.0 Å². The molecule has 5 nitrogen and oxygen atoms in total. The van der Waals surface area contributed by atoms with Crippen LogP contribution in [0.2, 0.25) is 0 Å². The monoisotopic (exact) mass is 311 g/mol. The Morgan fingerprint density at radius 2 is 1.95 bits per heavy atom. The van der Waals surface area contributed by atoms with Crippen molar-refractivity contribution in [3.63, 3.8) is 0 Å². The maximum Gasteiger partial charge on any atom is 0.243 e. The van der Waals surface area contributed by atoms with Gasteiger partial charge in [-0.3, -0.25) is 5.84 Å². The molecule has 0 amide bonds. The number of nitrogen functional groups attached to an aromatic ring is 1. The van der Waals surface area contributed by atoms with Crippen molar-refractivity contribution in [3.8, 4) is 0 Å². The number of hydrogen-bond acceptors (Lipinski definition) is 5. The van der Waals surface area contributed by atoms with Crippen LogP contribution in [0.5, 0.6) is 0 Å². The predicted molar refractivity (Wildman–Crippen MR) is 82.1 cm³/mol. The lowest BCUT2D eigenvalue weighted by Crippen LogP contribution is -2.24. The van der Waals surface area contributed by atoms with E-state index in [1.807, 2.05) is 19.9 Å². The molecule has 4 N–H and O–H groups in total. The van der Waals surface area contributed by atoms with Gasteiger partial charge in [-0.1, -0.05) is 12.1 Å². The van der Waals surface area contributed by atoms with Crippen LogP contribution >= 0.6 is 11.3 Å². The van der Waals surface area contributed by atoms with Crippen LogP contribution in [0.25, 0.3) is 0 Å². The Labute approximate surface area is 122 Å². The van der Waals surface area contributed by atoms with Crippen LogP contribution < -0.4 is 16.0 Å². The minimum atomic E-state index is -3.59. The number of sulfonamides is 1. The van der Waals surface area contributed by atoms with Crippen molar-refractivity contribution in [1.29, 1.82) is 0 Å². The number of nitrogens with two attached hydrogens (primary N) is 1. The zero-order chi connectivity index (χ0) is 14.8. The van der Waals surface area contributed by atoms with Gasteiger partial charge in [0.1, 0.15) is 4.90 Å². The molecule has 0 aliphatic carbocycles. The van der Waals surface area contributed by atoms with Gasteiger partial charge in [0.25, 0.3) is 0 Å². The molecule has 0 saturated heterocycles. The minimum absolute atomic E-state index is 0.146. The van der Waals surface area contributed by atoms with Gasteiger partial charge < -0.3 is 5.43 Å². The SMILES string of the molecule is Cc1cc(CNS(=O)(=O)c2ccccc2NN)sc1C. The topological polar surface area (TPSA) is 84.2 Å². The lowest BCUT2D eigenvalue weighted by molar-refractivity contribution is 0.582. The lowest BCUT2D eigenvalue weighted by atomic mass is 10.3. The third kappa shape index (κ3) is 3.18. The second-order valence-electron chi connectivity index (χ2n) is 4.42. The van der Waals surface area contributed by atoms with E-state index in [0.29, 0.717) is 5.69 Å². The molecule has 1 heterocycles. The molecule has 108 valence electrons. The first kappa shape index (κ1) is 15.0. The number of rotatable bonds is 5. The number of hydrazine groups is 1. The molecule has 1 aromatic carbocycles. The summed E-state index contributed by atoms with van der Waals surface area (Å²) in [7, 11) is -3.59. The number of benzene rings is 1. The van der Waals surface area contributed by atoms with Gasteiger partial charge in [-0.2, -0.15) is 0 Å². The van der Waals surface area contributed by atoms with E-state index in [-0.39, 0.29) is 11.4 Å². The van der Waals surface area contributed by atoms with Crippen LogP contribution in [-0.4, -0.2) is 8.42 Å². The highest BCUT2D eigenvalue weighted by molar-refractivity contribution is 7.89. The van der Waals surface area contributed by atoms with Crippen molar-refractivity contribution < 1.29 is 8.42 Å². The quantitative estimate of drug-likeness (QED) is 0.583. The molecular weight excluding hydrogens is 294 g/mol. The number of nitrogens with one attached hydrogen (secondary N) is 2. The van der Waals surface area contributed by atoms with Gasteiger partial charge in [-0.15, -0.1) is 11.3 Å². The van der Waals surface area contributed by atoms with E-state index >= 15 is 0 Å². The van der Waals surface area contributed by atoms with Gasteiger partial charge in [0, 0.05) is 16.3 Å². The van der Waals surface area contributed by atoms with E-state index in [2.05, 4.69) is 10.1 Å². The highest BCUT2D eigenvalue weighted by Gasteiger charge is 2.17. The van der Waals surface area contributed by atoms with Gasteiger partial charge in [0.15, 0.2) is 0 Å². The van der Waals surface area contributed by atoms with E-state index in [1.54, 1.807) is 29.5 Å². The molecule has 0 aliphatic heterocycles. The average Bonchev–Trinajstić information content (AvgIpc) is 2.76. The van der Waals surface area contributed by atoms with Crippen LogP contribution in [0.1, 0.15) is 15.3 Å². The molecule has 0 aliphatic rings. The summed E-state index contributed by atoms with van der Waals surface area (Å²) in [5.74, 6) is 5.34. The number of para-hydroxylation sites is 1. The minimum Gasteiger partial charge on any atom is -0.323 e. The summed E-state index contributed by atoms with van der Waals surface area (Å²) >= 11 is 1.59. The molecule has 2 rings (SSSR count). The summed E-state index contributed by atoms with van der Waals surface area (Å²) in [6.45, 7) is 4.31. The van der Waals surface area contributed by atoms with E-state index in [4.69, 9.17) is 5.84 Å². The summed E-state index contributed by atoms with van der Waals surface area (Å²) in [6, 6.07) is 8.51. The normalized spacial score (nSPS) is 11.6. The van der Waals surface area contributed by atoms with Crippen LogP contribution in [0.15, 0.2) is 35.2 Å². The Morgan fingerprint density at radius 3 is 2.55 bits per heavy atom. The van der Waals surface area contributed by atoms with Crippen molar-refractivity contribution in [2.75, 3.05) is 5.43 Å². The van der Waals surface area contributed by atoms with Crippen LogP contribution in [0.3, 0.4) is 0 Å². The van der Waals surface area contributed by atoms with Gasteiger partial charge in [-0.05, 0) is 37.6 Å². The van der Waals surface area contributed by atoms with E-state index in [9.17, 15) is 8.42 Å². The van der Waals surface area contributed by atoms with Crippen LogP contribution in [0, 0.1) is 13.8 Å². The third-order valence-electron chi connectivity index (χ3n) is 2.99. The maximum absolute atomic E-state index is 12.3. The highest BCUT2D eigenvalue weighted by atomic mass is 32.2. The number of hydrogen-bond donors (Lipinski definition) is 3. The molecule has 1 aromatic heterocycles. The molecule has 0 fully saturated rings. The average molecular weight is 311 g/mol. The number of aryl methyl sites for hydroxylation is 2. The van der Waals surface area contributed by atoms with Crippen molar-refractivity contribution in [2.24, 2.45) is 5.84 Å². The number of anilines is 1. The largest absolute Gasteiger partial charge is 0.323 e. The summed E-state index contributed by atoms with van der Waals surface area (Å²) in [5, 5.41) is 0. The fourth-order valence-corrected chi connectivity index (χ4v) is 4.06. The molecule has 2 aromatic rings. The first-order valence-corrected chi connectivity index (χ1v) is 8.35. The first-order chi connectivity index (χ1) is 9.44. The summed E-state index contributed by atoms with van der Waals surface area (Å²) in [4.78, 5) is 2.33. The Bertz CT molecular complexity index is 689. The first-order valence-electron chi connectivity index (χ1n) is 6.05. The fourth-order valence-electron chi connectivity index (χ4n) is 1.80. The van der Waals surface area contributed by atoms with Crippen molar-refractivity contribution in [2.45, 2.75) is 25.3 Å². The molecule has 0 unspecified atom stereocenters. The molecule has 20 heavy (non-hydrogen) atoms. The van der Waals surface area contributed by atoms with Gasteiger partial charge in [-0.25, -0.2) is 13.1 Å². The Hall–Kier alpha value is -1.41. The molecule has 0 radical (unpaired) electrons. The van der Waals surface area contributed by atoms with Crippen molar-refractivity contribution in [3.05, 3.63) is 45.6 Å². The molecule has 7 heteroatoms. The molecule has 0 saturated carbocycles. The molecule has 0 spiro atoms. The zero-order valence-electron chi connectivity index (χ0n) is 11.3. The van der Waals surface area contributed by atoms with E-state index in [1.165, 1.54) is 16.5 Å². The van der Waals surface area contributed by atoms with E-state index in [0.717, 1.165) is 4.88 Å². The smallest absolute Gasteiger partial charge is 0.243 e. The van der Waals surface area contributed by atoms with E-state index < -0.39 is 10.0 Å². The Morgan fingerprint density at radius 1 is 1.25 bits per heavy atom. The predicted octanol–water partition coefficient (Wildman–Crippen LogP) is 2.13. The number of thiophene rings is 1. The van der Waals surface area contributed by atoms with Crippen LogP contribution in [-0.2, 0) is 16.6 Å². The summed E-state index contributed by atoms with van der Waals surface area (Å²) in [5.41, 5.74) is 3.94. The second kappa shape index (κ2) is 5.92. The molecule has 0 bridgehead atoms. The Balaban J connectivity index is 2.19.